The lowest BCUT2D eigenvalue weighted by Crippen LogP contribution is -2.31. The van der Waals surface area contributed by atoms with E-state index in [0.717, 1.165) is 19.3 Å². The highest BCUT2D eigenvalue weighted by atomic mass is 16.2. The van der Waals surface area contributed by atoms with Gasteiger partial charge in [0.2, 0.25) is 0 Å². The minimum Gasteiger partial charge on any atom is -0.334 e. The molecular weight excluding hydrogens is 256 g/mol. The van der Waals surface area contributed by atoms with E-state index >= 15 is 0 Å². The van der Waals surface area contributed by atoms with Gasteiger partial charge in [0.25, 0.3) is 0 Å². The summed E-state index contributed by atoms with van der Waals surface area (Å²) in [5.74, 6) is 0.251. The number of aromatic nitrogens is 2. The number of anilines is 1. The second-order valence-corrected chi connectivity index (χ2v) is 4.47. The Hall–Kier alpha value is -2.11. The Labute approximate surface area is 118 Å². The number of unbranched alkanes of at least 4 members (excludes halogenated alkanes) is 3. The largest absolute Gasteiger partial charge is 0.349 e. The third kappa shape index (κ3) is 5.69. The third-order valence-electron chi connectivity index (χ3n) is 2.78. The van der Waals surface area contributed by atoms with Crippen LogP contribution >= 0.6 is 0 Å². The quantitative estimate of drug-likeness (QED) is 0.565. The van der Waals surface area contributed by atoms with E-state index in [1.54, 1.807) is 22.9 Å². The monoisotopic (exact) mass is 278 g/mol. The van der Waals surface area contributed by atoms with Crippen molar-refractivity contribution < 1.29 is 4.79 Å². The molecule has 0 saturated carbocycles. The molecule has 0 aliphatic heterocycles. The Kier molecular flexibility index (Phi) is 7.10. The minimum atomic E-state index is -0.405. The van der Waals surface area contributed by atoms with Crippen LogP contribution in [0.15, 0.2) is 29.7 Å². The van der Waals surface area contributed by atoms with Crippen LogP contribution in [0, 0.1) is 0 Å². The Balaban J connectivity index is 2.52. The molecule has 0 aromatic carbocycles. The molecule has 1 heterocycles. The van der Waals surface area contributed by atoms with Crippen LogP contribution in [0.2, 0.25) is 0 Å². The molecule has 6 heteroatoms. The van der Waals surface area contributed by atoms with Crippen LogP contribution in [-0.4, -0.2) is 22.1 Å². The van der Waals surface area contributed by atoms with E-state index in [-0.39, 0.29) is 11.5 Å². The van der Waals surface area contributed by atoms with Gasteiger partial charge in [-0.2, -0.15) is 4.98 Å². The number of hydrogen-bond donors (Lipinski definition) is 2. The van der Waals surface area contributed by atoms with Gasteiger partial charge in [-0.25, -0.2) is 9.59 Å². The maximum absolute atomic E-state index is 11.8. The topological polar surface area (TPSA) is 76.0 Å². The lowest BCUT2D eigenvalue weighted by Gasteiger charge is -2.07. The number of aryl methyl sites for hydroxylation is 1. The molecule has 1 aromatic rings. The van der Waals surface area contributed by atoms with Crippen LogP contribution in [0.25, 0.3) is 0 Å². The highest BCUT2D eigenvalue weighted by Gasteiger charge is 2.03. The molecule has 1 rings (SSSR count). The summed E-state index contributed by atoms with van der Waals surface area (Å²) in [6.45, 7) is 6.66. The first-order chi connectivity index (χ1) is 9.67. The predicted octanol–water partition coefficient (Wildman–Crippen LogP) is 2.13. The Morgan fingerprint density at radius 3 is 2.90 bits per heavy atom. The molecule has 2 amide bonds. The van der Waals surface area contributed by atoms with Crippen molar-refractivity contribution in [3.8, 4) is 0 Å². The number of nitrogens with zero attached hydrogens (tertiary/aromatic N) is 2. The van der Waals surface area contributed by atoms with E-state index in [1.165, 1.54) is 6.42 Å². The zero-order valence-electron chi connectivity index (χ0n) is 11.9. The fraction of sp³-hybridized carbons (Fsp3) is 0.500. The van der Waals surface area contributed by atoms with E-state index < -0.39 is 6.03 Å². The van der Waals surface area contributed by atoms with Crippen LogP contribution < -0.4 is 16.3 Å². The van der Waals surface area contributed by atoms with Gasteiger partial charge >= 0.3 is 11.7 Å². The summed E-state index contributed by atoms with van der Waals surface area (Å²) < 4.78 is 1.56. The predicted molar refractivity (Wildman–Crippen MR) is 79.9 cm³/mol. The average Bonchev–Trinajstić information content (AvgIpc) is 2.43. The summed E-state index contributed by atoms with van der Waals surface area (Å²) in [5.41, 5.74) is -0.344. The number of amides is 2. The summed E-state index contributed by atoms with van der Waals surface area (Å²) in [4.78, 5) is 27.0. The van der Waals surface area contributed by atoms with Gasteiger partial charge in [0, 0.05) is 19.3 Å². The molecule has 0 aliphatic carbocycles. The van der Waals surface area contributed by atoms with Crippen LogP contribution in [0.4, 0.5) is 10.6 Å². The maximum Gasteiger partial charge on any atom is 0.349 e. The van der Waals surface area contributed by atoms with Gasteiger partial charge in [0.05, 0.1) is 0 Å². The summed E-state index contributed by atoms with van der Waals surface area (Å²) >= 11 is 0. The summed E-state index contributed by atoms with van der Waals surface area (Å²) in [6, 6.07) is 1.21. The van der Waals surface area contributed by atoms with Crippen molar-refractivity contribution in [3.05, 3.63) is 35.4 Å². The maximum atomic E-state index is 11.8. The highest BCUT2D eigenvalue weighted by Crippen LogP contribution is 2.02. The molecule has 0 bridgehead atoms. The SMILES string of the molecule is C=CCNC(=O)Nc1ccn(CCCCCC)c(=O)n1. The third-order valence-corrected chi connectivity index (χ3v) is 2.78. The fourth-order valence-electron chi connectivity index (χ4n) is 1.70. The van der Waals surface area contributed by atoms with Crippen molar-refractivity contribution in [1.29, 1.82) is 0 Å². The first-order valence-corrected chi connectivity index (χ1v) is 6.90. The van der Waals surface area contributed by atoms with E-state index in [2.05, 4.69) is 29.1 Å². The van der Waals surface area contributed by atoms with E-state index in [0.29, 0.717) is 13.1 Å². The smallest absolute Gasteiger partial charge is 0.334 e. The van der Waals surface area contributed by atoms with Gasteiger partial charge in [-0.05, 0) is 12.5 Å². The van der Waals surface area contributed by atoms with Crippen molar-refractivity contribution >= 4 is 11.8 Å². The molecular formula is C14H22N4O2. The van der Waals surface area contributed by atoms with E-state index in [4.69, 9.17) is 0 Å². The zero-order chi connectivity index (χ0) is 14.8. The number of carbonyl (C=O) groups excluding carboxylic acids is 1. The lowest BCUT2D eigenvalue weighted by atomic mass is 10.2. The number of urea groups is 1. The summed E-state index contributed by atoms with van der Waals surface area (Å²) in [7, 11) is 0. The molecule has 0 spiro atoms. The molecule has 20 heavy (non-hydrogen) atoms. The van der Waals surface area contributed by atoms with Crippen molar-refractivity contribution in [3.63, 3.8) is 0 Å². The van der Waals surface area contributed by atoms with Crippen molar-refractivity contribution in [2.24, 2.45) is 0 Å². The lowest BCUT2D eigenvalue weighted by molar-refractivity contribution is 0.253. The average molecular weight is 278 g/mol. The van der Waals surface area contributed by atoms with Crippen LogP contribution in [0.1, 0.15) is 32.6 Å². The van der Waals surface area contributed by atoms with Crippen LogP contribution in [-0.2, 0) is 6.54 Å². The number of carbonyl (C=O) groups is 1. The normalized spacial score (nSPS) is 10.1. The van der Waals surface area contributed by atoms with E-state index in [9.17, 15) is 9.59 Å². The fourth-order valence-corrected chi connectivity index (χ4v) is 1.70. The van der Waals surface area contributed by atoms with Crippen molar-refractivity contribution in [2.75, 3.05) is 11.9 Å². The van der Waals surface area contributed by atoms with Gasteiger partial charge in [-0.15, -0.1) is 6.58 Å². The van der Waals surface area contributed by atoms with Crippen LogP contribution in [0.3, 0.4) is 0 Å². The molecule has 0 unspecified atom stereocenters. The van der Waals surface area contributed by atoms with Crippen molar-refractivity contribution in [1.82, 2.24) is 14.9 Å². The zero-order valence-corrected chi connectivity index (χ0v) is 11.9. The molecule has 1 aromatic heterocycles. The first-order valence-electron chi connectivity index (χ1n) is 6.90. The number of rotatable bonds is 8. The summed E-state index contributed by atoms with van der Waals surface area (Å²) in [6.07, 6.45) is 7.63. The molecule has 0 fully saturated rings. The van der Waals surface area contributed by atoms with Gasteiger partial charge < -0.3 is 5.32 Å². The van der Waals surface area contributed by atoms with Gasteiger partial charge in [0.15, 0.2) is 0 Å². The Morgan fingerprint density at radius 1 is 1.45 bits per heavy atom. The van der Waals surface area contributed by atoms with Crippen LogP contribution in [0.5, 0.6) is 0 Å². The standard InChI is InChI=1S/C14H22N4O2/c1-3-5-6-7-10-18-11-8-12(17-14(18)20)16-13(19)15-9-4-2/h4,8,11H,2-3,5-7,9-10H2,1H3,(H2,15,16,17,19,20). The molecule has 0 radical (unpaired) electrons. The molecule has 0 atom stereocenters. The molecule has 0 aliphatic rings. The number of nitrogens with one attached hydrogen (secondary N) is 2. The molecule has 2 N–H and O–H groups in total. The first kappa shape index (κ1) is 15.9. The molecule has 6 nitrogen and oxygen atoms in total. The second-order valence-electron chi connectivity index (χ2n) is 4.47. The van der Waals surface area contributed by atoms with Gasteiger partial charge in [-0.1, -0.05) is 32.3 Å². The summed E-state index contributed by atoms with van der Waals surface area (Å²) in [5, 5.41) is 5.05. The van der Waals surface area contributed by atoms with Gasteiger partial charge in [0.1, 0.15) is 5.82 Å². The highest BCUT2D eigenvalue weighted by molar-refractivity contribution is 5.88. The van der Waals surface area contributed by atoms with Gasteiger partial charge in [-0.3, -0.25) is 9.88 Å². The minimum absolute atomic E-state index is 0.251. The second kappa shape index (κ2) is 8.90. The Morgan fingerprint density at radius 2 is 2.25 bits per heavy atom. The molecule has 0 saturated heterocycles. The van der Waals surface area contributed by atoms with E-state index in [1.807, 2.05) is 0 Å². The molecule has 110 valence electrons. The number of hydrogen-bond acceptors (Lipinski definition) is 3. The Bertz CT molecular complexity index is 496. The van der Waals surface area contributed by atoms with Crippen molar-refractivity contribution in [2.45, 2.75) is 39.2 Å².